The van der Waals surface area contributed by atoms with Gasteiger partial charge in [-0.2, -0.15) is 0 Å². The standard InChI is InChI=1S/C23H23ClN4O2/c1-2-30-21-6-4-3-5-19(21)23(29)28-15-13-27(14-16-28)22-12-11-20(25-26-22)17-7-9-18(24)10-8-17/h3-12H,2,13-16H2,1H3. The molecule has 3 aromatic rings. The van der Waals surface area contributed by atoms with Gasteiger partial charge in [0.25, 0.3) is 5.91 Å². The van der Waals surface area contributed by atoms with E-state index >= 15 is 0 Å². The summed E-state index contributed by atoms with van der Waals surface area (Å²) in [6.45, 7) is 5.11. The molecule has 0 N–H and O–H groups in total. The maximum absolute atomic E-state index is 13.0. The van der Waals surface area contributed by atoms with Crippen molar-refractivity contribution in [3.05, 3.63) is 71.2 Å². The SMILES string of the molecule is CCOc1ccccc1C(=O)N1CCN(c2ccc(-c3ccc(Cl)cc3)nn2)CC1. The zero-order valence-electron chi connectivity index (χ0n) is 16.8. The molecule has 6 nitrogen and oxygen atoms in total. The number of rotatable bonds is 5. The third-order valence-electron chi connectivity index (χ3n) is 5.10. The number of ether oxygens (including phenoxy) is 1. The molecule has 1 aromatic heterocycles. The predicted molar refractivity (Wildman–Crippen MR) is 118 cm³/mol. The minimum atomic E-state index is 0.00266. The number of hydrogen-bond acceptors (Lipinski definition) is 5. The second-order valence-corrected chi connectivity index (χ2v) is 7.43. The van der Waals surface area contributed by atoms with Crippen LogP contribution in [-0.2, 0) is 0 Å². The van der Waals surface area contributed by atoms with Crippen molar-refractivity contribution in [1.82, 2.24) is 15.1 Å². The van der Waals surface area contributed by atoms with Gasteiger partial charge in [-0.3, -0.25) is 4.79 Å². The number of benzene rings is 2. The number of amides is 1. The van der Waals surface area contributed by atoms with Crippen LogP contribution in [0, 0.1) is 0 Å². The Morgan fingerprint density at radius 1 is 0.967 bits per heavy atom. The summed E-state index contributed by atoms with van der Waals surface area (Å²) in [5.74, 6) is 1.45. The zero-order chi connectivity index (χ0) is 20.9. The first-order chi connectivity index (χ1) is 14.7. The Hall–Kier alpha value is -3.12. The van der Waals surface area contributed by atoms with E-state index in [4.69, 9.17) is 16.3 Å². The molecular formula is C23H23ClN4O2. The van der Waals surface area contributed by atoms with E-state index in [-0.39, 0.29) is 5.91 Å². The second-order valence-electron chi connectivity index (χ2n) is 6.99. The Kier molecular flexibility index (Phi) is 6.14. The topological polar surface area (TPSA) is 58.6 Å². The van der Waals surface area contributed by atoms with Crippen LogP contribution in [0.3, 0.4) is 0 Å². The Labute approximate surface area is 181 Å². The number of nitrogens with zero attached hydrogens (tertiary/aromatic N) is 4. The van der Waals surface area contributed by atoms with Crippen LogP contribution in [0.2, 0.25) is 5.02 Å². The van der Waals surface area contributed by atoms with Gasteiger partial charge in [0.2, 0.25) is 0 Å². The number of para-hydroxylation sites is 1. The van der Waals surface area contributed by atoms with Crippen LogP contribution in [0.25, 0.3) is 11.3 Å². The van der Waals surface area contributed by atoms with E-state index in [1.807, 2.05) is 72.5 Å². The summed E-state index contributed by atoms with van der Waals surface area (Å²) in [4.78, 5) is 17.0. The number of piperazine rings is 1. The van der Waals surface area contributed by atoms with Crippen LogP contribution >= 0.6 is 11.6 Å². The molecule has 0 unspecified atom stereocenters. The van der Waals surface area contributed by atoms with Crippen LogP contribution in [0.5, 0.6) is 5.75 Å². The molecule has 1 fully saturated rings. The summed E-state index contributed by atoms with van der Waals surface area (Å²) in [5.41, 5.74) is 2.39. The minimum Gasteiger partial charge on any atom is -0.493 e. The maximum atomic E-state index is 13.0. The van der Waals surface area contributed by atoms with Gasteiger partial charge in [0.1, 0.15) is 5.75 Å². The summed E-state index contributed by atoms with van der Waals surface area (Å²) in [5, 5.41) is 9.44. The van der Waals surface area contributed by atoms with Gasteiger partial charge in [0.15, 0.2) is 5.82 Å². The van der Waals surface area contributed by atoms with E-state index in [0.717, 1.165) is 17.1 Å². The summed E-state index contributed by atoms with van der Waals surface area (Å²) in [6, 6.07) is 18.9. The third kappa shape index (κ3) is 4.39. The van der Waals surface area contributed by atoms with Gasteiger partial charge >= 0.3 is 0 Å². The van der Waals surface area contributed by atoms with Crippen molar-refractivity contribution >= 4 is 23.3 Å². The number of hydrogen-bond donors (Lipinski definition) is 0. The van der Waals surface area contributed by atoms with Gasteiger partial charge < -0.3 is 14.5 Å². The summed E-state index contributed by atoms with van der Waals surface area (Å²) >= 11 is 5.95. The highest BCUT2D eigenvalue weighted by Gasteiger charge is 2.25. The van der Waals surface area contributed by atoms with Crippen molar-refractivity contribution in [3.63, 3.8) is 0 Å². The molecule has 1 aliphatic rings. The van der Waals surface area contributed by atoms with Gasteiger partial charge in [0.05, 0.1) is 17.9 Å². The highest BCUT2D eigenvalue weighted by molar-refractivity contribution is 6.30. The van der Waals surface area contributed by atoms with Crippen molar-refractivity contribution < 1.29 is 9.53 Å². The Bertz CT molecular complexity index is 1000. The fourth-order valence-corrected chi connectivity index (χ4v) is 3.63. The largest absolute Gasteiger partial charge is 0.493 e. The second kappa shape index (κ2) is 9.13. The summed E-state index contributed by atoms with van der Waals surface area (Å²) in [6.07, 6.45) is 0. The molecule has 0 radical (unpaired) electrons. The molecule has 30 heavy (non-hydrogen) atoms. The lowest BCUT2D eigenvalue weighted by Crippen LogP contribution is -2.49. The van der Waals surface area contributed by atoms with Crippen LogP contribution in [0.1, 0.15) is 17.3 Å². The van der Waals surface area contributed by atoms with E-state index in [1.165, 1.54) is 0 Å². The third-order valence-corrected chi connectivity index (χ3v) is 5.35. The normalized spacial score (nSPS) is 13.9. The predicted octanol–water partition coefficient (Wildman–Crippen LogP) is 4.16. The summed E-state index contributed by atoms with van der Waals surface area (Å²) in [7, 11) is 0. The van der Waals surface area contributed by atoms with Crippen molar-refractivity contribution in [2.45, 2.75) is 6.92 Å². The molecule has 2 heterocycles. The fraction of sp³-hybridized carbons (Fsp3) is 0.261. The van der Waals surface area contributed by atoms with E-state index in [2.05, 4.69) is 15.1 Å². The first kappa shape index (κ1) is 20.2. The van der Waals surface area contributed by atoms with Crippen LogP contribution in [0.4, 0.5) is 5.82 Å². The average Bonchev–Trinajstić information content (AvgIpc) is 2.80. The molecule has 1 amide bonds. The quantitative estimate of drug-likeness (QED) is 0.618. The number of carbonyl (C=O) groups is 1. The lowest BCUT2D eigenvalue weighted by molar-refractivity contribution is 0.0742. The number of carbonyl (C=O) groups excluding carboxylic acids is 1. The van der Waals surface area contributed by atoms with E-state index in [1.54, 1.807) is 0 Å². The molecule has 154 valence electrons. The van der Waals surface area contributed by atoms with Gasteiger partial charge in [-0.25, -0.2) is 0 Å². The lowest BCUT2D eigenvalue weighted by Gasteiger charge is -2.35. The number of aromatic nitrogens is 2. The first-order valence-electron chi connectivity index (χ1n) is 10.0. The molecule has 1 aliphatic heterocycles. The molecule has 0 bridgehead atoms. The van der Waals surface area contributed by atoms with Crippen molar-refractivity contribution in [3.8, 4) is 17.0 Å². The fourth-order valence-electron chi connectivity index (χ4n) is 3.50. The molecule has 2 aromatic carbocycles. The highest BCUT2D eigenvalue weighted by atomic mass is 35.5. The molecule has 0 aliphatic carbocycles. The highest BCUT2D eigenvalue weighted by Crippen LogP contribution is 2.23. The Balaban J connectivity index is 1.40. The molecular weight excluding hydrogens is 400 g/mol. The first-order valence-corrected chi connectivity index (χ1v) is 10.4. The van der Waals surface area contributed by atoms with E-state index in [0.29, 0.717) is 49.1 Å². The van der Waals surface area contributed by atoms with Crippen molar-refractivity contribution in [2.75, 3.05) is 37.7 Å². The van der Waals surface area contributed by atoms with Crippen molar-refractivity contribution in [2.24, 2.45) is 0 Å². The average molecular weight is 423 g/mol. The Morgan fingerprint density at radius 2 is 1.70 bits per heavy atom. The Morgan fingerprint density at radius 3 is 2.37 bits per heavy atom. The maximum Gasteiger partial charge on any atom is 0.257 e. The zero-order valence-corrected chi connectivity index (χ0v) is 17.5. The molecule has 0 spiro atoms. The summed E-state index contributed by atoms with van der Waals surface area (Å²) < 4.78 is 5.61. The molecule has 4 rings (SSSR count). The van der Waals surface area contributed by atoms with E-state index < -0.39 is 0 Å². The smallest absolute Gasteiger partial charge is 0.257 e. The van der Waals surface area contributed by atoms with Gasteiger partial charge in [0, 0.05) is 36.8 Å². The molecule has 7 heteroatoms. The van der Waals surface area contributed by atoms with Crippen LogP contribution in [-0.4, -0.2) is 53.8 Å². The van der Waals surface area contributed by atoms with Crippen LogP contribution < -0.4 is 9.64 Å². The monoisotopic (exact) mass is 422 g/mol. The van der Waals surface area contributed by atoms with E-state index in [9.17, 15) is 4.79 Å². The lowest BCUT2D eigenvalue weighted by atomic mass is 10.1. The molecule has 0 atom stereocenters. The van der Waals surface area contributed by atoms with Crippen LogP contribution in [0.15, 0.2) is 60.7 Å². The van der Waals surface area contributed by atoms with Gasteiger partial charge in [-0.1, -0.05) is 35.9 Å². The molecule has 1 saturated heterocycles. The number of halogens is 1. The minimum absolute atomic E-state index is 0.00266. The van der Waals surface area contributed by atoms with Gasteiger partial charge in [-0.15, -0.1) is 10.2 Å². The van der Waals surface area contributed by atoms with Gasteiger partial charge in [-0.05, 0) is 43.3 Å². The van der Waals surface area contributed by atoms with Crippen molar-refractivity contribution in [1.29, 1.82) is 0 Å². The number of anilines is 1. The molecule has 0 saturated carbocycles.